The Morgan fingerprint density at radius 1 is 1.50 bits per heavy atom. The molecule has 2 aromatic heterocycles. The summed E-state index contributed by atoms with van der Waals surface area (Å²) in [4.78, 5) is 8.26. The van der Waals surface area contributed by atoms with Crippen LogP contribution in [0.15, 0.2) is 18.5 Å². The first kappa shape index (κ1) is 8.99. The Labute approximate surface area is 82.8 Å². The number of nitrogen functional groups attached to an aromatic ring is 1. The van der Waals surface area contributed by atoms with Gasteiger partial charge in [-0.1, -0.05) is 13.3 Å². The molecule has 0 amide bonds. The van der Waals surface area contributed by atoms with Crippen molar-refractivity contribution in [3.8, 4) is 0 Å². The fraction of sp³-hybridized carbons (Fsp3) is 0.400. The zero-order valence-corrected chi connectivity index (χ0v) is 8.27. The minimum Gasteiger partial charge on any atom is -0.369 e. The van der Waals surface area contributed by atoms with Crippen molar-refractivity contribution in [2.75, 3.05) is 5.73 Å². The van der Waals surface area contributed by atoms with Gasteiger partial charge in [0.2, 0.25) is 5.95 Å². The van der Waals surface area contributed by atoms with Gasteiger partial charge in [-0.25, -0.2) is 4.98 Å². The lowest BCUT2D eigenvalue weighted by atomic mass is 10.3. The van der Waals surface area contributed by atoms with E-state index in [1.54, 1.807) is 12.4 Å². The van der Waals surface area contributed by atoms with Crippen LogP contribution in [0.2, 0.25) is 0 Å². The molecule has 0 unspecified atom stereocenters. The van der Waals surface area contributed by atoms with Crippen LogP contribution >= 0.6 is 0 Å². The van der Waals surface area contributed by atoms with E-state index in [1.807, 2.05) is 10.6 Å². The summed E-state index contributed by atoms with van der Waals surface area (Å²) in [6.45, 7) is 3.10. The molecule has 74 valence electrons. The maximum atomic E-state index is 5.82. The number of unbranched alkanes of at least 4 members (excludes halogenated alkanes) is 1. The summed E-state index contributed by atoms with van der Waals surface area (Å²) in [5, 5.41) is 0. The monoisotopic (exact) mass is 190 g/mol. The molecule has 0 aliphatic rings. The average molecular weight is 190 g/mol. The van der Waals surface area contributed by atoms with Crippen LogP contribution < -0.4 is 5.73 Å². The van der Waals surface area contributed by atoms with Crippen molar-refractivity contribution in [2.24, 2.45) is 0 Å². The molecule has 2 heterocycles. The van der Waals surface area contributed by atoms with Gasteiger partial charge in [-0.2, -0.15) is 0 Å². The Morgan fingerprint density at radius 3 is 3.14 bits per heavy atom. The number of nitrogens with two attached hydrogens (primary N) is 1. The number of imidazole rings is 1. The number of aryl methyl sites for hydroxylation is 1. The van der Waals surface area contributed by atoms with E-state index in [-0.39, 0.29) is 0 Å². The fourth-order valence-corrected chi connectivity index (χ4v) is 1.55. The SMILES string of the molecule is CCCCn1c(N)nc2cnccc21. The molecule has 4 heteroatoms. The highest BCUT2D eigenvalue weighted by Gasteiger charge is 2.06. The van der Waals surface area contributed by atoms with Gasteiger partial charge in [0.25, 0.3) is 0 Å². The molecule has 2 rings (SSSR count). The maximum absolute atomic E-state index is 5.82. The molecule has 0 spiro atoms. The number of hydrogen-bond donors (Lipinski definition) is 1. The molecule has 0 aliphatic carbocycles. The first-order chi connectivity index (χ1) is 6.83. The summed E-state index contributed by atoms with van der Waals surface area (Å²) in [5.74, 6) is 0.585. The maximum Gasteiger partial charge on any atom is 0.201 e. The molecule has 14 heavy (non-hydrogen) atoms. The summed E-state index contributed by atoms with van der Waals surface area (Å²) >= 11 is 0. The van der Waals surface area contributed by atoms with Crippen LogP contribution in [0.3, 0.4) is 0 Å². The van der Waals surface area contributed by atoms with Gasteiger partial charge in [0.1, 0.15) is 5.52 Å². The molecule has 0 bridgehead atoms. The van der Waals surface area contributed by atoms with E-state index in [0.717, 1.165) is 30.4 Å². The second-order valence-corrected chi connectivity index (χ2v) is 3.34. The molecule has 0 radical (unpaired) electrons. The zero-order chi connectivity index (χ0) is 9.97. The Balaban J connectivity index is 2.45. The molecule has 2 N–H and O–H groups in total. The Morgan fingerprint density at radius 2 is 2.36 bits per heavy atom. The molecular formula is C10H14N4. The summed E-state index contributed by atoms with van der Waals surface area (Å²) in [6.07, 6.45) is 5.79. The molecule has 0 saturated heterocycles. The number of pyridine rings is 1. The smallest absolute Gasteiger partial charge is 0.201 e. The van der Waals surface area contributed by atoms with Crippen LogP contribution in [0.1, 0.15) is 19.8 Å². The van der Waals surface area contributed by atoms with E-state index >= 15 is 0 Å². The highest BCUT2D eigenvalue weighted by Crippen LogP contribution is 2.16. The number of hydrogen-bond acceptors (Lipinski definition) is 3. The lowest BCUT2D eigenvalue weighted by Gasteiger charge is -2.03. The van der Waals surface area contributed by atoms with Gasteiger partial charge in [-0.05, 0) is 12.5 Å². The van der Waals surface area contributed by atoms with Crippen molar-refractivity contribution in [1.82, 2.24) is 14.5 Å². The molecular weight excluding hydrogens is 176 g/mol. The van der Waals surface area contributed by atoms with Crippen molar-refractivity contribution in [3.05, 3.63) is 18.5 Å². The van der Waals surface area contributed by atoms with Gasteiger partial charge in [0, 0.05) is 12.7 Å². The highest BCUT2D eigenvalue weighted by atomic mass is 15.2. The third-order valence-corrected chi connectivity index (χ3v) is 2.32. The molecule has 0 saturated carbocycles. The fourth-order valence-electron chi connectivity index (χ4n) is 1.55. The predicted molar refractivity (Wildman–Crippen MR) is 56.8 cm³/mol. The molecule has 0 atom stereocenters. The normalized spacial score (nSPS) is 10.9. The summed E-state index contributed by atoms with van der Waals surface area (Å²) in [6, 6.07) is 1.95. The summed E-state index contributed by atoms with van der Waals surface area (Å²) in [5.41, 5.74) is 7.77. The van der Waals surface area contributed by atoms with E-state index in [1.165, 1.54) is 0 Å². The van der Waals surface area contributed by atoms with Crippen LogP contribution in [0.4, 0.5) is 5.95 Å². The summed E-state index contributed by atoms with van der Waals surface area (Å²) in [7, 11) is 0. The van der Waals surface area contributed by atoms with Gasteiger partial charge in [-0.15, -0.1) is 0 Å². The third-order valence-electron chi connectivity index (χ3n) is 2.32. The number of aromatic nitrogens is 3. The van der Waals surface area contributed by atoms with Crippen LogP contribution in [-0.4, -0.2) is 14.5 Å². The summed E-state index contributed by atoms with van der Waals surface area (Å²) < 4.78 is 2.04. The number of fused-ring (bicyclic) bond motifs is 1. The standard InChI is InChI=1S/C10H14N4/c1-2-3-6-14-9-4-5-12-7-8(9)13-10(14)11/h4-5,7H,2-3,6H2,1H3,(H2,11,13). The lowest BCUT2D eigenvalue weighted by molar-refractivity contribution is 0.653. The first-order valence-electron chi connectivity index (χ1n) is 4.88. The second kappa shape index (κ2) is 3.65. The Bertz CT molecular complexity index is 433. The third kappa shape index (κ3) is 1.43. The molecule has 0 aliphatic heterocycles. The quantitative estimate of drug-likeness (QED) is 0.803. The van der Waals surface area contributed by atoms with Gasteiger partial charge in [0.15, 0.2) is 0 Å². The molecule has 0 aromatic carbocycles. The lowest BCUT2D eigenvalue weighted by Crippen LogP contribution is -2.02. The number of rotatable bonds is 3. The topological polar surface area (TPSA) is 56.7 Å². The van der Waals surface area contributed by atoms with Crippen molar-refractivity contribution in [2.45, 2.75) is 26.3 Å². The van der Waals surface area contributed by atoms with Crippen LogP contribution in [-0.2, 0) is 6.54 Å². The van der Waals surface area contributed by atoms with E-state index < -0.39 is 0 Å². The van der Waals surface area contributed by atoms with E-state index in [9.17, 15) is 0 Å². The minimum atomic E-state index is 0.585. The Hall–Kier alpha value is -1.58. The second-order valence-electron chi connectivity index (χ2n) is 3.34. The molecule has 4 nitrogen and oxygen atoms in total. The molecule has 2 aromatic rings. The van der Waals surface area contributed by atoms with E-state index in [0.29, 0.717) is 5.95 Å². The van der Waals surface area contributed by atoms with Crippen LogP contribution in [0.5, 0.6) is 0 Å². The van der Waals surface area contributed by atoms with Gasteiger partial charge in [0.05, 0.1) is 11.7 Å². The van der Waals surface area contributed by atoms with Crippen LogP contribution in [0, 0.1) is 0 Å². The Kier molecular flexibility index (Phi) is 2.35. The van der Waals surface area contributed by atoms with Crippen molar-refractivity contribution >= 4 is 17.0 Å². The highest BCUT2D eigenvalue weighted by molar-refractivity contribution is 5.76. The molecule has 0 fully saturated rings. The average Bonchev–Trinajstić information content (AvgIpc) is 2.51. The van der Waals surface area contributed by atoms with Crippen molar-refractivity contribution in [3.63, 3.8) is 0 Å². The van der Waals surface area contributed by atoms with Crippen molar-refractivity contribution < 1.29 is 0 Å². The zero-order valence-electron chi connectivity index (χ0n) is 8.27. The first-order valence-corrected chi connectivity index (χ1v) is 4.88. The van der Waals surface area contributed by atoms with E-state index in [2.05, 4.69) is 16.9 Å². The number of nitrogens with zero attached hydrogens (tertiary/aromatic N) is 3. The minimum absolute atomic E-state index is 0.585. The largest absolute Gasteiger partial charge is 0.369 e. The van der Waals surface area contributed by atoms with Crippen LogP contribution in [0.25, 0.3) is 11.0 Å². The van der Waals surface area contributed by atoms with Gasteiger partial charge >= 0.3 is 0 Å². The van der Waals surface area contributed by atoms with E-state index in [4.69, 9.17) is 5.73 Å². The predicted octanol–water partition coefficient (Wildman–Crippen LogP) is 1.81. The van der Waals surface area contributed by atoms with Crippen molar-refractivity contribution in [1.29, 1.82) is 0 Å². The van der Waals surface area contributed by atoms with Gasteiger partial charge < -0.3 is 10.3 Å². The number of anilines is 1. The van der Waals surface area contributed by atoms with Gasteiger partial charge in [-0.3, -0.25) is 4.98 Å².